The summed E-state index contributed by atoms with van der Waals surface area (Å²) in [5.41, 5.74) is 0. The van der Waals surface area contributed by atoms with Crippen LogP contribution in [0.25, 0.3) is 0 Å². The lowest BCUT2D eigenvalue weighted by Crippen LogP contribution is -2.06. The fraction of sp³-hybridized carbons (Fsp3) is 1.00. The summed E-state index contributed by atoms with van der Waals surface area (Å²) >= 11 is 10.8. The second-order valence-electron chi connectivity index (χ2n) is 1.52. The Labute approximate surface area is 53.2 Å². The molecule has 0 N–H and O–H groups in total. The zero-order valence-corrected chi connectivity index (χ0v) is 5.59. The standard InChI is InChI=1S/C4H7Cl2O/c1-4(5,6)2-3-7/h2-3H2,1H3. The molecular weight excluding hydrogens is 135 g/mol. The van der Waals surface area contributed by atoms with Gasteiger partial charge in [-0.1, -0.05) is 0 Å². The van der Waals surface area contributed by atoms with Gasteiger partial charge in [-0.2, -0.15) is 0 Å². The Balaban J connectivity index is 3.15. The van der Waals surface area contributed by atoms with Gasteiger partial charge in [0.2, 0.25) is 0 Å². The highest BCUT2D eigenvalue weighted by atomic mass is 35.5. The number of hydrogen-bond donors (Lipinski definition) is 0. The lowest BCUT2D eigenvalue weighted by atomic mass is 10.3. The second-order valence-corrected chi connectivity index (χ2v) is 3.39. The zero-order chi connectivity index (χ0) is 5.91. The summed E-state index contributed by atoms with van der Waals surface area (Å²) < 4.78 is -0.818. The first-order valence-electron chi connectivity index (χ1n) is 2.02. The minimum atomic E-state index is -0.818. The average molecular weight is 142 g/mol. The molecule has 0 saturated carbocycles. The molecule has 0 aliphatic carbocycles. The van der Waals surface area contributed by atoms with Crippen LogP contribution < -0.4 is 0 Å². The van der Waals surface area contributed by atoms with Crippen molar-refractivity contribution in [1.29, 1.82) is 0 Å². The smallest absolute Gasteiger partial charge is 0.117 e. The molecule has 0 atom stereocenters. The van der Waals surface area contributed by atoms with Crippen molar-refractivity contribution in [3.8, 4) is 0 Å². The van der Waals surface area contributed by atoms with Gasteiger partial charge >= 0.3 is 0 Å². The third kappa shape index (κ3) is 6.54. The highest BCUT2D eigenvalue weighted by molar-refractivity contribution is 6.48. The van der Waals surface area contributed by atoms with Gasteiger partial charge in [-0.25, -0.2) is 5.11 Å². The van der Waals surface area contributed by atoms with Gasteiger partial charge in [0.15, 0.2) is 0 Å². The molecule has 43 valence electrons. The Kier molecular flexibility index (Phi) is 2.96. The molecular formula is C4H7Cl2O. The monoisotopic (exact) mass is 141 g/mol. The number of rotatable bonds is 2. The van der Waals surface area contributed by atoms with Gasteiger partial charge in [0.25, 0.3) is 0 Å². The van der Waals surface area contributed by atoms with Crippen LogP contribution in [0.5, 0.6) is 0 Å². The molecule has 7 heavy (non-hydrogen) atoms. The van der Waals surface area contributed by atoms with E-state index in [0.29, 0.717) is 6.42 Å². The lowest BCUT2D eigenvalue weighted by molar-refractivity contribution is 0.186. The van der Waals surface area contributed by atoms with E-state index in [0.717, 1.165) is 0 Å². The van der Waals surface area contributed by atoms with Gasteiger partial charge in [0.05, 0.1) is 6.61 Å². The largest absolute Gasteiger partial charge is 0.237 e. The van der Waals surface area contributed by atoms with Crippen molar-refractivity contribution in [2.75, 3.05) is 6.61 Å². The van der Waals surface area contributed by atoms with Crippen LogP contribution in [0.2, 0.25) is 0 Å². The van der Waals surface area contributed by atoms with Crippen LogP contribution in [-0.4, -0.2) is 10.9 Å². The Morgan fingerprint density at radius 1 is 1.57 bits per heavy atom. The van der Waals surface area contributed by atoms with E-state index in [9.17, 15) is 5.11 Å². The molecule has 1 radical (unpaired) electrons. The molecule has 1 nitrogen and oxygen atoms in total. The second kappa shape index (κ2) is 2.75. The van der Waals surface area contributed by atoms with Crippen molar-refractivity contribution >= 4 is 23.2 Å². The molecule has 0 unspecified atom stereocenters. The Morgan fingerprint density at radius 2 is 2.00 bits per heavy atom. The molecule has 0 saturated heterocycles. The molecule has 0 aromatic carbocycles. The summed E-state index contributed by atoms with van der Waals surface area (Å²) in [6.07, 6.45) is 0.316. The zero-order valence-electron chi connectivity index (χ0n) is 4.08. The summed E-state index contributed by atoms with van der Waals surface area (Å²) in [4.78, 5) is 0. The van der Waals surface area contributed by atoms with Gasteiger partial charge in [-0.15, -0.1) is 23.2 Å². The van der Waals surface area contributed by atoms with Gasteiger partial charge < -0.3 is 0 Å². The predicted octanol–water partition coefficient (Wildman–Crippen LogP) is 2.00. The summed E-state index contributed by atoms with van der Waals surface area (Å²) in [5, 5.41) is 9.78. The molecule has 0 spiro atoms. The lowest BCUT2D eigenvalue weighted by Gasteiger charge is -2.07. The van der Waals surface area contributed by atoms with Crippen LogP contribution >= 0.6 is 23.2 Å². The topological polar surface area (TPSA) is 19.9 Å². The fourth-order valence-corrected chi connectivity index (χ4v) is 0.334. The van der Waals surface area contributed by atoms with E-state index in [4.69, 9.17) is 23.2 Å². The third-order valence-electron chi connectivity index (χ3n) is 0.541. The minimum Gasteiger partial charge on any atom is -0.237 e. The average Bonchev–Trinajstić information content (AvgIpc) is 1.30. The molecule has 0 rings (SSSR count). The van der Waals surface area contributed by atoms with Crippen LogP contribution in [0.15, 0.2) is 0 Å². The molecule has 0 fully saturated rings. The first kappa shape index (κ1) is 7.54. The molecule has 3 heteroatoms. The van der Waals surface area contributed by atoms with Crippen molar-refractivity contribution < 1.29 is 5.11 Å². The maximum atomic E-state index is 9.78. The SMILES string of the molecule is CC(Cl)(Cl)CC[O]. The fourth-order valence-electron chi connectivity index (χ4n) is 0.179. The maximum absolute atomic E-state index is 9.78. The maximum Gasteiger partial charge on any atom is 0.117 e. The summed E-state index contributed by atoms with van der Waals surface area (Å²) in [6, 6.07) is 0. The van der Waals surface area contributed by atoms with Crippen molar-refractivity contribution in [3.05, 3.63) is 0 Å². The summed E-state index contributed by atoms with van der Waals surface area (Å²) in [5.74, 6) is 0. The van der Waals surface area contributed by atoms with Gasteiger partial charge in [0.1, 0.15) is 4.33 Å². The first-order valence-corrected chi connectivity index (χ1v) is 2.78. The number of alkyl halides is 2. The highest BCUT2D eigenvalue weighted by Gasteiger charge is 2.14. The molecule has 0 bridgehead atoms. The van der Waals surface area contributed by atoms with Gasteiger partial charge in [-0.3, -0.25) is 0 Å². The molecule has 0 amide bonds. The minimum absolute atomic E-state index is 0.205. The molecule has 0 aromatic rings. The van der Waals surface area contributed by atoms with Crippen LogP contribution in [-0.2, 0) is 5.11 Å². The van der Waals surface area contributed by atoms with Crippen LogP contribution in [0.4, 0.5) is 0 Å². The molecule has 0 aliphatic rings. The van der Waals surface area contributed by atoms with E-state index in [1.807, 2.05) is 0 Å². The molecule has 0 aliphatic heterocycles. The van der Waals surface area contributed by atoms with Gasteiger partial charge in [0, 0.05) is 6.42 Å². The van der Waals surface area contributed by atoms with Crippen LogP contribution in [0, 0.1) is 0 Å². The Bertz CT molecular complexity index is 48.1. The van der Waals surface area contributed by atoms with E-state index < -0.39 is 4.33 Å². The van der Waals surface area contributed by atoms with Crippen molar-refractivity contribution in [2.45, 2.75) is 17.7 Å². The normalized spacial score (nSPS) is 12.0. The highest BCUT2D eigenvalue weighted by Crippen LogP contribution is 2.22. The van der Waals surface area contributed by atoms with Gasteiger partial charge in [-0.05, 0) is 6.92 Å². The van der Waals surface area contributed by atoms with Crippen molar-refractivity contribution in [3.63, 3.8) is 0 Å². The third-order valence-corrected chi connectivity index (χ3v) is 0.919. The van der Waals surface area contributed by atoms with E-state index in [1.54, 1.807) is 6.92 Å². The van der Waals surface area contributed by atoms with Crippen molar-refractivity contribution in [1.82, 2.24) is 0 Å². The number of halogens is 2. The van der Waals surface area contributed by atoms with Crippen molar-refractivity contribution in [2.24, 2.45) is 0 Å². The van der Waals surface area contributed by atoms with Crippen LogP contribution in [0.1, 0.15) is 13.3 Å². The first-order chi connectivity index (χ1) is 3.06. The molecule has 0 heterocycles. The van der Waals surface area contributed by atoms with E-state index in [-0.39, 0.29) is 6.61 Å². The molecule has 0 aromatic heterocycles. The quantitative estimate of drug-likeness (QED) is 0.525. The number of hydrogen-bond acceptors (Lipinski definition) is 0. The summed E-state index contributed by atoms with van der Waals surface area (Å²) in [7, 11) is 0. The summed E-state index contributed by atoms with van der Waals surface area (Å²) in [6.45, 7) is 1.40. The van der Waals surface area contributed by atoms with E-state index in [2.05, 4.69) is 0 Å². The Hall–Kier alpha value is 0.540. The van der Waals surface area contributed by atoms with Crippen LogP contribution in [0.3, 0.4) is 0 Å². The van der Waals surface area contributed by atoms with E-state index in [1.165, 1.54) is 0 Å². The van der Waals surface area contributed by atoms with E-state index >= 15 is 0 Å². The predicted molar refractivity (Wildman–Crippen MR) is 30.3 cm³/mol. The Morgan fingerprint density at radius 3 is 2.00 bits per heavy atom.